The molecule has 0 radical (unpaired) electrons. The van der Waals surface area contributed by atoms with Crippen molar-refractivity contribution >= 4 is 29.9 Å². The molecule has 2 rings (SSSR count). The molecule has 17 heavy (non-hydrogen) atoms. The number of nitrogens with zero attached hydrogens (tertiary/aromatic N) is 1. The molecule has 0 spiro atoms. The average molecular weight is 281 g/mol. The maximum Gasteiger partial charge on any atom is 0.393 e. The third kappa shape index (κ3) is 2.77. The highest BCUT2D eigenvalue weighted by molar-refractivity contribution is 7.80. The Hall–Kier alpha value is -0.690. The zero-order chi connectivity index (χ0) is 12.6. The van der Waals surface area contributed by atoms with E-state index in [1.165, 1.54) is 16.2 Å². The van der Waals surface area contributed by atoms with E-state index in [4.69, 9.17) is 0 Å². The van der Waals surface area contributed by atoms with Crippen molar-refractivity contribution in [2.45, 2.75) is 17.5 Å². The molecule has 1 aliphatic rings. The summed E-state index contributed by atoms with van der Waals surface area (Å²) in [5.41, 5.74) is 0. The highest BCUT2D eigenvalue weighted by Crippen LogP contribution is 2.34. The normalized spacial score (nSPS) is 20.9. The molecule has 1 fully saturated rings. The summed E-state index contributed by atoms with van der Waals surface area (Å²) in [6.07, 6.45) is -4.21. The van der Waals surface area contributed by atoms with Gasteiger partial charge < -0.3 is 4.90 Å². The summed E-state index contributed by atoms with van der Waals surface area (Å²) in [6, 6.07) is 1.58. The lowest BCUT2D eigenvalue weighted by molar-refractivity contribution is -0.169. The lowest BCUT2D eigenvalue weighted by atomic mass is 10.1. The van der Waals surface area contributed by atoms with Gasteiger partial charge >= 0.3 is 6.18 Å². The van der Waals surface area contributed by atoms with Crippen LogP contribution in [0.1, 0.15) is 16.1 Å². The van der Waals surface area contributed by atoms with Crippen LogP contribution in [0.4, 0.5) is 13.2 Å². The van der Waals surface area contributed by atoms with Gasteiger partial charge in [0.25, 0.3) is 5.91 Å². The number of amides is 1. The lowest BCUT2D eigenvalue weighted by Gasteiger charge is -2.17. The summed E-state index contributed by atoms with van der Waals surface area (Å²) in [5, 5.41) is 1.69. The fraction of sp³-hybridized carbons (Fsp3) is 0.500. The Labute approximate surface area is 106 Å². The van der Waals surface area contributed by atoms with Gasteiger partial charge in [-0.2, -0.15) is 13.2 Å². The first-order valence-corrected chi connectivity index (χ1v) is 6.34. The van der Waals surface area contributed by atoms with E-state index in [1.54, 1.807) is 11.4 Å². The van der Waals surface area contributed by atoms with Gasteiger partial charge in [0.2, 0.25) is 0 Å². The zero-order valence-corrected chi connectivity index (χ0v) is 10.4. The molecule has 1 amide bonds. The van der Waals surface area contributed by atoms with Gasteiger partial charge in [-0.3, -0.25) is 4.79 Å². The number of hydrogen-bond donors (Lipinski definition) is 1. The minimum atomic E-state index is -4.21. The fourth-order valence-corrected chi connectivity index (χ4v) is 2.92. The van der Waals surface area contributed by atoms with Gasteiger partial charge in [0.1, 0.15) is 0 Å². The first kappa shape index (κ1) is 12.8. The molecule has 1 unspecified atom stereocenters. The van der Waals surface area contributed by atoms with Crippen LogP contribution in [-0.2, 0) is 0 Å². The smallest absolute Gasteiger partial charge is 0.337 e. The maximum atomic E-state index is 12.5. The summed E-state index contributed by atoms with van der Waals surface area (Å²) in [7, 11) is 0. The largest absolute Gasteiger partial charge is 0.393 e. The van der Waals surface area contributed by atoms with Crippen molar-refractivity contribution in [1.29, 1.82) is 0 Å². The van der Waals surface area contributed by atoms with E-state index in [-0.39, 0.29) is 25.4 Å². The predicted molar refractivity (Wildman–Crippen MR) is 61.6 cm³/mol. The molecular formula is C10H10F3NOS2. The quantitative estimate of drug-likeness (QED) is 0.784. The summed E-state index contributed by atoms with van der Waals surface area (Å²) >= 11 is 5.27. The molecule has 1 aliphatic heterocycles. The van der Waals surface area contributed by atoms with E-state index < -0.39 is 12.1 Å². The van der Waals surface area contributed by atoms with Crippen LogP contribution in [0.25, 0.3) is 0 Å². The molecule has 0 bridgehead atoms. The minimum Gasteiger partial charge on any atom is -0.337 e. The molecule has 1 saturated heterocycles. The monoisotopic (exact) mass is 281 g/mol. The second-order valence-corrected chi connectivity index (χ2v) is 5.38. The Morgan fingerprint density at radius 3 is 2.71 bits per heavy atom. The van der Waals surface area contributed by atoms with Crippen molar-refractivity contribution in [3.05, 3.63) is 16.3 Å². The number of alkyl halides is 3. The van der Waals surface area contributed by atoms with Crippen molar-refractivity contribution in [2.24, 2.45) is 5.92 Å². The van der Waals surface area contributed by atoms with Crippen molar-refractivity contribution in [3.63, 3.8) is 0 Å². The highest BCUT2D eigenvalue weighted by Gasteiger charge is 2.44. The van der Waals surface area contributed by atoms with Crippen molar-refractivity contribution < 1.29 is 18.0 Å². The van der Waals surface area contributed by atoms with Gasteiger partial charge in [-0.1, -0.05) is 0 Å². The molecule has 7 heteroatoms. The second-order valence-electron chi connectivity index (χ2n) is 3.95. The van der Waals surface area contributed by atoms with Crippen LogP contribution in [0, 0.1) is 5.92 Å². The summed E-state index contributed by atoms with van der Waals surface area (Å²) in [4.78, 5) is 14.2. The molecule has 0 aromatic carbocycles. The van der Waals surface area contributed by atoms with Gasteiger partial charge in [-0.25, -0.2) is 0 Å². The fourth-order valence-electron chi connectivity index (χ4n) is 1.81. The van der Waals surface area contributed by atoms with E-state index in [2.05, 4.69) is 12.6 Å². The number of halogens is 3. The number of rotatable bonds is 1. The third-order valence-electron chi connectivity index (χ3n) is 2.73. The maximum absolute atomic E-state index is 12.5. The van der Waals surface area contributed by atoms with E-state index in [0.29, 0.717) is 9.77 Å². The molecule has 94 valence electrons. The minimum absolute atomic E-state index is 0.00561. The van der Waals surface area contributed by atoms with Gasteiger partial charge in [0.05, 0.1) is 10.8 Å². The number of thiophene rings is 1. The number of thiol groups is 1. The van der Waals surface area contributed by atoms with Crippen LogP contribution in [-0.4, -0.2) is 30.1 Å². The SMILES string of the molecule is O=C(c1cc(S)cs1)N1CCC(C(F)(F)F)C1. The predicted octanol–water partition coefficient (Wildman–Crippen LogP) is 3.06. The van der Waals surface area contributed by atoms with Crippen molar-refractivity contribution in [1.82, 2.24) is 4.90 Å². The zero-order valence-electron chi connectivity index (χ0n) is 8.70. The topological polar surface area (TPSA) is 20.3 Å². The Balaban J connectivity index is 2.04. The Bertz CT molecular complexity index is 429. The summed E-state index contributed by atoms with van der Waals surface area (Å²) < 4.78 is 37.4. The molecule has 0 saturated carbocycles. The molecule has 1 aromatic heterocycles. The number of carbonyl (C=O) groups is 1. The van der Waals surface area contributed by atoms with Crippen LogP contribution in [0.15, 0.2) is 16.3 Å². The van der Waals surface area contributed by atoms with E-state index in [0.717, 1.165) is 0 Å². The van der Waals surface area contributed by atoms with Crippen LogP contribution in [0.5, 0.6) is 0 Å². The van der Waals surface area contributed by atoms with Gasteiger partial charge in [-0.05, 0) is 12.5 Å². The number of likely N-dealkylation sites (tertiary alicyclic amines) is 1. The van der Waals surface area contributed by atoms with Gasteiger partial charge in [0.15, 0.2) is 0 Å². The van der Waals surface area contributed by atoms with Crippen LogP contribution >= 0.6 is 24.0 Å². The van der Waals surface area contributed by atoms with E-state index in [1.807, 2.05) is 0 Å². The molecule has 1 aromatic rings. The lowest BCUT2D eigenvalue weighted by Crippen LogP contribution is -2.31. The second kappa shape index (κ2) is 4.53. The first-order chi connectivity index (χ1) is 7.88. The standard InChI is InChI=1S/C10H10F3NOS2/c11-10(12,13)6-1-2-14(4-6)9(15)8-3-7(16)5-17-8/h3,5-6,16H,1-2,4H2. The summed E-state index contributed by atoms with van der Waals surface area (Å²) in [5.74, 6) is -1.72. The van der Waals surface area contributed by atoms with Crippen LogP contribution in [0.2, 0.25) is 0 Å². The van der Waals surface area contributed by atoms with Crippen LogP contribution in [0.3, 0.4) is 0 Å². The van der Waals surface area contributed by atoms with Gasteiger partial charge in [-0.15, -0.1) is 24.0 Å². The van der Waals surface area contributed by atoms with Crippen LogP contribution < -0.4 is 0 Å². The number of carbonyl (C=O) groups excluding carboxylic acids is 1. The molecule has 0 N–H and O–H groups in total. The van der Waals surface area contributed by atoms with Gasteiger partial charge in [0, 0.05) is 23.4 Å². The highest BCUT2D eigenvalue weighted by atomic mass is 32.1. The van der Waals surface area contributed by atoms with Crippen molar-refractivity contribution in [3.8, 4) is 0 Å². The molecule has 0 aliphatic carbocycles. The Morgan fingerprint density at radius 2 is 2.24 bits per heavy atom. The Morgan fingerprint density at radius 1 is 1.53 bits per heavy atom. The third-order valence-corrected chi connectivity index (χ3v) is 4.09. The molecule has 2 heterocycles. The average Bonchev–Trinajstić information content (AvgIpc) is 2.83. The first-order valence-electron chi connectivity index (χ1n) is 5.01. The van der Waals surface area contributed by atoms with E-state index in [9.17, 15) is 18.0 Å². The Kier molecular flexibility index (Phi) is 3.40. The van der Waals surface area contributed by atoms with Crippen molar-refractivity contribution in [2.75, 3.05) is 13.1 Å². The number of hydrogen-bond acceptors (Lipinski definition) is 3. The molecular weight excluding hydrogens is 271 g/mol. The molecule has 2 nitrogen and oxygen atoms in total. The van der Waals surface area contributed by atoms with E-state index >= 15 is 0 Å². The molecule has 1 atom stereocenters. The summed E-state index contributed by atoms with van der Waals surface area (Å²) in [6.45, 7) is -0.0645.